The van der Waals surface area contributed by atoms with Crippen molar-refractivity contribution in [3.63, 3.8) is 0 Å². The third-order valence-electron chi connectivity index (χ3n) is 5.57. The molecule has 4 aromatic rings. The summed E-state index contributed by atoms with van der Waals surface area (Å²) >= 11 is 0. The molecule has 160 valence electrons. The third kappa shape index (κ3) is 3.78. The van der Waals surface area contributed by atoms with Crippen molar-refractivity contribution in [1.82, 2.24) is 24.7 Å². The highest BCUT2D eigenvalue weighted by Crippen LogP contribution is 2.27. The lowest BCUT2D eigenvalue weighted by Gasteiger charge is -2.25. The van der Waals surface area contributed by atoms with E-state index in [-0.39, 0.29) is 0 Å². The van der Waals surface area contributed by atoms with Crippen molar-refractivity contribution in [3.05, 3.63) is 84.8 Å². The molecule has 0 spiro atoms. The van der Waals surface area contributed by atoms with Crippen molar-refractivity contribution in [2.24, 2.45) is 10.7 Å². The van der Waals surface area contributed by atoms with Gasteiger partial charge in [-0.25, -0.2) is 19.9 Å². The standard InChI is InChI=1S/C25H25N7/c1-2-13-27-22-10-12-25(26,17-30-22)24-28-14-11-20(31-24)21-15-29-23-9-8-19(16-32(21)23)18-6-4-3-5-7-18/h3-11,14-17,27H,2,12-13,26H2,1H3. The molecule has 0 bridgehead atoms. The fraction of sp³-hybridized carbons (Fsp3) is 0.200. The van der Waals surface area contributed by atoms with Crippen LogP contribution in [-0.2, 0) is 5.54 Å². The summed E-state index contributed by atoms with van der Waals surface area (Å²) in [6.07, 6.45) is 11.0. The van der Waals surface area contributed by atoms with E-state index in [0.29, 0.717) is 12.2 Å². The van der Waals surface area contributed by atoms with Crippen molar-refractivity contribution >= 4 is 11.9 Å². The van der Waals surface area contributed by atoms with E-state index >= 15 is 0 Å². The van der Waals surface area contributed by atoms with E-state index < -0.39 is 5.54 Å². The van der Waals surface area contributed by atoms with Crippen molar-refractivity contribution in [2.75, 3.05) is 6.54 Å². The van der Waals surface area contributed by atoms with Crippen molar-refractivity contribution in [1.29, 1.82) is 0 Å². The Kier molecular flexibility index (Phi) is 5.25. The minimum atomic E-state index is -0.844. The lowest BCUT2D eigenvalue weighted by atomic mass is 9.95. The Morgan fingerprint density at radius 1 is 1.06 bits per heavy atom. The van der Waals surface area contributed by atoms with Gasteiger partial charge in [0.25, 0.3) is 0 Å². The number of nitrogens with two attached hydrogens (primary N) is 1. The number of pyridine rings is 1. The highest BCUT2D eigenvalue weighted by molar-refractivity contribution is 5.74. The van der Waals surface area contributed by atoms with E-state index in [2.05, 4.69) is 56.0 Å². The van der Waals surface area contributed by atoms with Gasteiger partial charge in [0.15, 0.2) is 5.82 Å². The molecule has 0 saturated carbocycles. The molecule has 1 aromatic carbocycles. The molecule has 0 radical (unpaired) electrons. The normalized spacial score (nSPS) is 18.0. The molecular weight excluding hydrogens is 398 g/mol. The summed E-state index contributed by atoms with van der Waals surface area (Å²) in [5.74, 6) is 1.39. The smallest absolute Gasteiger partial charge is 0.154 e. The van der Waals surface area contributed by atoms with Crippen LogP contribution >= 0.6 is 0 Å². The first-order valence-electron chi connectivity index (χ1n) is 10.8. The number of rotatable bonds is 6. The van der Waals surface area contributed by atoms with Gasteiger partial charge >= 0.3 is 0 Å². The zero-order valence-corrected chi connectivity index (χ0v) is 17.9. The fourth-order valence-corrected chi connectivity index (χ4v) is 3.77. The van der Waals surface area contributed by atoms with Crippen molar-refractivity contribution in [3.8, 4) is 22.5 Å². The first-order chi connectivity index (χ1) is 15.7. The summed E-state index contributed by atoms with van der Waals surface area (Å²) < 4.78 is 2.05. The minimum Gasteiger partial charge on any atom is -0.370 e. The Labute approximate surface area is 186 Å². The second-order valence-corrected chi connectivity index (χ2v) is 7.94. The molecule has 1 unspecified atom stereocenters. The van der Waals surface area contributed by atoms with Gasteiger partial charge in [-0.05, 0) is 48.2 Å². The number of nitrogens with one attached hydrogen (secondary N) is 1. The van der Waals surface area contributed by atoms with Crippen LogP contribution in [0.4, 0.5) is 0 Å². The maximum atomic E-state index is 6.64. The topological polar surface area (TPSA) is 93.5 Å². The summed E-state index contributed by atoms with van der Waals surface area (Å²) in [7, 11) is 0. The second kappa shape index (κ2) is 8.36. The van der Waals surface area contributed by atoms with E-state index in [1.54, 1.807) is 12.4 Å². The lowest BCUT2D eigenvalue weighted by molar-refractivity contribution is 0.564. The second-order valence-electron chi connectivity index (χ2n) is 7.94. The van der Waals surface area contributed by atoms with Gasteiger partial charge in [-0.3, -0.25) is 4.40 Å². The monoisotopic (exact) mass is 423 g/mol. The molecule has 4 heterocycles. The first-order valence-corrected chi connectivity index (χ1v) is 10.8. The number of aliphatic imine (C=N–C) groups is 1. The zero-order valence-electron chi connectivity index (χ0n) is 17.9. The molecule has 0 saturated heterocycles. The van der Waals surface area contributed by atoms with Crippen LogP contribution in [0.25, 0.3) is 28.2 Å². The number of nitrogens with zero attached hydrogens (tertiary/aromatic N) is 5. The average molecular weight is 424 g/mol. The van der Waals surface area contributed by atoms with Crippen LogP contribution < -0.4 is 11.1 Å². The quantitative estimate of drug-likeness (QED) is 0.490. The van der Waals surface area contributed by atoms with Gasteiger partial charge in [0, 0.05) is 25.2 Å². The number of fused-ring (bicyclic) bond motifs is 1. The first kappa shape index (κ1) is 20.1. The largest absolute Gasteiger partial charge is 0.370 e. The number of benzene rings is 1. The maximum Gasteiger partial charge on any atom is 0.154 e. The Hall–Kier alpha value is -3.84. The molecule has 3 aromatic heterocycles. The molecule has 5 rings (SSSR count). The molecule has 3 N–H and O–H groups in total. The minimum absolute atomic E-state index is 0.540. The summed E-state index contributed by atoms with van der Waals surface area (Å²) in [6, 6.07) is 16.3. The van der Waals surface area contributed by atoms with Crippen LogP contribution in [0.2, 0.25) is 0 Å². The molecule has 1 aliphatic rings. The van der Waals surface area contributed by atoms with Crippen LogP contribution in [0.15, 0.2) is 84.0 Å². The molecule has 32 heavy (non-hydrogen) atoms. The number of imidazole rings is 1. The van der Waals surface area contributed by atoms with Gasteiger partial charge in [-0.15, -0.1) is 0 Å². The van der Waals surface area contributed by atoms with Gasteiger partial charge in [0.2, 0.25) is 0 Å². The lowest BCUT2D eigenvalue weighted by Crippen LogP contribution is -2.41. The van der Waals surface area contributed by atoms with Gasteiger partial charge in [0.1, 0.15) is 17.0 Å². The highest BCUT2D eigenvalue weighted by atomic mass is 15.1. The summed E-state index contributed by atoms with van der Waals surface area (Å²) in [4.78, 5) is 18.3. The Morgan fingerprint density at radius 2 is 1.94 bits per heavy atom. The van der Waals surface area contributed by atoms with Gasteiger partial charge in [-0.2, -0.15) is 0 Å². The van der Waals surface area contributed by atoms with Crippen molar-refractivity contribution in [2.45, 2.75) is 25.3 Å². The van der Waals surface area contributed by atoms with Gasteiger partial charge in [0.05, 0.1) is 17.6 Å². The Morgan fingerprint density at radius 3 is 2.72 bits per heavy atom. The zero-order chi connectivity index (χ0) is 22.0. The van der Waals surface area contributed by atoms with Gasteiger partial charge < -0.3 is 11.1 Å². The summed E-state index contributed by atoms with van der Waals surface area (Å²) in [5, 5.41) is 3.29. The van der Waals surface area contributed by atoms with E-state index in [9.17, 15) is 0 Å². The summed E-state index contributed by atoms with van der Waals surface area (Å²) in [5.41, 5.74) is 10.6. The molecule has 0 amide bonds. The molecule has 0 aliphatic carbocycles. The Bertz CT molecular complexity index is 1310. The molecule has 1 atom stereocenters. The SMILES string of the molecule is CCCNC1=CCC(N)(c2nccc(-c3cnc4ccc(-c5ccccc5)cn34)n2)C=N1. The summed E-state index contributed by atoms with van der Waals surface area (Å²) in [6.45, 7) is 3.00. The van der Waals surface area contributed by atoms with Crippen LogP contribution in [0, 0.1) is 0 Å². The fourth-order valence-electron chi connectivity index (χ4n) is 3.77. The van der Waals surface area contributed by atoms with E-state index in [1.807, 2.05) is 42.6 Å². The highest BCUT2D eigenvalue weighted by Gasteiger charge is 2.30. The molecule has 7 nitrogen and oxygen atoms in total. The van der Waals surface area contributed by atoms with Gasteiger partial charge in [-0.1, -0.05) is 37.3 Å². The van der Waals surface area contributed by atoms with E-state index in [4.69, 9.17) is 10.7 Å². The average Bonchev–Trinajstić information content (AvgIpc) is 3.28. The molecule has 1 aliphatic heterocycles. The van der Waals surface area contributed by atoms with E-state index in [0.717, 1.165) is 46.9 Å². The third-order valence-corrected chi connectivity index (χ3v) is 5.57. The predicted molar refractivity (Wildman–Crippen MR) is 127 cm³/mol. The van der Waals surface area contributed by atoms with Crippen LogP contribution in [0.3, 0.4) is 0 Å². The maximum absolute atomic E-state index is 6.64. The number of hydrogen-bond donors (Lipinski definition) is 2. The Balaban J connectivity index is 1.49. The molecule has 0 fully saturated rings. The molecule has 7 heteroatoms. The number of hydrogen-bond acceptors (Lipinski definition) is 6. The predicted octanol–water partition coefficient (Wildman–Crippen LogP) is 3.93. The van der Waals surface area contributed by atoms with Crippen molar-refractivity contribution < 1.29 is 0 Å². The molecular formula is C25H25N7. The van der Waals surface area contributed by atoms with E-state index in [1.165, 1.54) is 0 Å². The van der Waals surface area contributed by atoms with Crippen LogP contribution in [0.5, 0.6) is 0 Å². The van der Waals surface area contributed by atoms with Crippen LogP contribution in [-0.4, -0.2) is 32.1 Å². The number of aromatic nitrogens is 4. The van der Waals surface area contributed by atoms with Crippen LogP contribution in [0.1, 0.15) is 25.6 Å².